The molecular weight excluding hydrogens is 296 g/mol. The lowest BCUT2D eigenvalue weighted by molar-refractivity contribution is -0.121. The van der Waals surface area contributed by atoms with Crippen molar-refractivity contribution in [3.05, 3.63) is 35.4 Å². The van der Waals surface area contributed by atoms with Gasteiger partial charge in [0.2, 0.25) is 15.9 Å². The predicted molar refractivity (Wildman–Crippen MR) is 74.9 cm³/mol. The Morgan fingerprint density at radius 1 is 1.38 bits per heavy atom. The summed E-state index contributed by atoms with van der Waals surface area (Å²) in [7, 11) is -3.71. The fraction of sp³-hybridized carbons (Fsp3) is 0.385. The van der Waals surface area contributed by atoms with E-state index >= 15 is 0 Å². The summed E-state index contributed by atoms with van der Waals surface area (Å²) in [6.07, 6.45) is 1.01. The van der Waals surface area contributed by atoms with Crippen LogP contribution in [0.2, 0.25) is 0 Å². The first-order valence-corrected chi connectivity index (χ1v) is 8.03. The largest absolute Gasteiger partial charge is 0.478 e. The summed E-state index contributed by atoms with van der Waals surface area (Å²) >= 11 is 0. The molecule has 1 amide bonds. The van der Waals surface area contributed by atoms with Gasteiger partial charge in [-0.3, -0.25) is 4.79 Å². The third-order valence-corrected chi connectivity index (χ3v) is 5.26. The third kappa shape index (κ3) is 3.40. The monoisotopic (exact) mass is 312 g/mol. The molecule has 1 aliphatic heterocycles. The van der Waals surface area contributed by atoms with Crippen molar-refractivity contribution in [3.63, 3.8) is 0 Å². The van der Waals surface area contributed by atoms with Crippen molar-refractivity contribution >= 4 is 21.9 Å². The molecule has 0 bridgehead atoms. The van der Waals surface area contributed by atoms with Crippen LogP contribution in [0.15, 0.2) is 24.3 Å². The van der Waals surface area contributed by atoms with Gasteiger partial charge in [0.25, 0.3) is 0 Å². The topological polar surface area (TPSA) is 118 Å². The molecule has 7 nitrogen and oxygen atoms in total. The summed E-state index contributed by atoms with van der Waals surface area (Å²) in [4.78, 5) is 22.2. The molecule has 1 aromatic rings. The first-order valence-electron chi connectivity index (χ1n) is 6.42. The Labute approximate surface area is 122 Å². The fourth-order valence-corrected chi connectivity index (χ4v) is 4.22. The average molecular weight is 312 g/mol. The highest BCUT2D eigenvalue weighted by molar-refractivity contribution is 7.88. The van der Waals surface area contributed by atoms with E-state index in [1.165, 1.54) is 18.2 Å². The van der Waals surface area contributed by atoms with E-state index in [-0.39, 0.29) is 17.9 Å². The van der Waals surface area contributed by atoms with Crippen LogP contribution in [0.4, 0.5) is 0 Å². The van der Waals surface area contributed by atoms with Gasteiger partial charge in [0.05, 0.1) is 11.3 Å². The van der Waals surface area contributed by atoms with Crippen LogP contribution in [-0.2, 0) is 20.6 Å². The molecule has 2 rings (SSSR count). The zero-order valence-corrected chi connectivity index (χ0v) is 12.0. The molecule has 0 aromatic heterocycles. The normalized spacial score (nSPS) is 19.5. The number of amides is 1. The predicted octanol–water partition coefficient (Wildman–Crippen LogP) is 0.164. The summed E-state index contributed by atoms with van der Waals surface area (Å²) in [5.41, 5.74) is 5.61. The molecule has 0 radical (unpaired) electrons. The zero-order chi connectivity index (χ0) is 15.6. The Bertz CT molecular complexity index is 671. The fourth-order valence-electron chi connectivity index (χ4n) is 2.45. The number of sulfonamides is 1. The van der Waals surface area contributed by atoms with Gasteiger partial charge >= 0.3 is 5.97 Å². The van der Waals surface area contributed by atoms with Crippen LogP contribution in [-0.4, -0.2) is 42.3 Å². The van der Waals surface area contributed by atoms with E-state index in [1.54, 1.807) is 6.07 Å². The van der Waals surface area contributed by atoms with Gasteiger partial charge < -0.3 is 10.8 Å². The Morgan fingerprint density at radius 3 is 2.71 bits per heavy atom. The van der Waals surface area contributed by atoms with Crippen LogP contribution in [0.25, 0.3) is 0 Å². The van der Waals surface area contributed by atoms with E-state index in [1.807, 2.05) is 0 Å². The standard InChI is InChI=1S/C13H16N2O5S/c14-12(16)11-5-2-6-15(11)21(19,20)8-9-3-1-4-10(7-9)13(17)18/h1,3-4,7,11H,2,5-6,8H2,(H2,14,16)(H,17,18). The highest BCUT2D eigenvalue weighted by atomic mass is 32.2. The van der Waals surface area contributed by atoms with E-state index in [4.69, 9.17) is 10.8 Å². The SMILES string of the molecule is NC(=O)C1CCCN1S(=O)(=O)Cc1cccc(C(=O)O)c1. The van der Waals surface area contributed by atoms with Gasteiger partial charge in [-0.1, -0.05) is 12.1 Å². The summed E-state index contributed by atoms with van der Waals surface area (Å²) < 4.78 is 25.9. The number of hydrogen-bond donors (Lipinski definition) is 2. The highest BCUT2D eigenvalue weighted by Crippen LogP contribution is 2.23. The van der Waals surface area contributed by atoms with Crippen molar-refractivity contribution in [2.45, 2.75) is 24.6 Å². The minimum Gasteiger partial charge on any atom is -0.478 e. The van der Waals surface area contributed by atoms with Gasteiger partial charge in [-0.05, 0) is 30.5 Å². The van der Waals surface area contributed by atoms with Crippen molar-refractivity contribution in [1.82, 2.24) is 4.31 Å². The molecule has 21 heavy (non-hydrogen) atoms. The smallest absolute Gasteiger partial charge is 0.335 e. The molecule has 0 spiro atoms. The maximum atomic E-state index is 12.4. The van der Waals surface area contributed by atoms with Crippen molar-refractivity contribution in [1.29, 1.82) is 0 Å². The van der Waals surface area contributed by atoms with Crippen LogP contribution in [0, 0.1) is 0 Å². The van der Waals surface area contributed by atoms with Gasteiger partial charge in [0.1, 0.15) is 6.04 Å². The lowest BCUT2D eigenvalue weighted by atomic mass is 10.1. The molecule has 1 atom stereocenters. The Balaban J connectivity index is 2.23. The number of aromatic carboxylic acids is 1. The molecule has 1 heterocycles. The van der Waals surface area contributed by atoms with Gasteiger partial charge in [-0.15, -0.1) is 0 Å². The van der Waals surface area contributed by atoms with E-state index in [2.05, 4.69) is 0 Å². The number of carboxylic acids is 1. The molecule has 1 saturated heterocycles. The third-order valence-electron chi connectivity index (χ3n) is 3.41. The molecule has 8 heteroatoms. The number of carboxylic acid groups (broad SMARTS) is 1. The lowest BCUT2D eigenvalue weighted by Gasteiger charge is -2.21. The molecule has 1 aromatic carbocycles. The number of carbonyl (C=O) groups is 2. The van der Waals surface area contributed by atoms with Gasteiger partial charge in [0.15, 0.2) is 0 Å². The second-order valence-electron chi connectivity index (χ2n) is 4.93. The minimum atomic E-state index is -3.71. The van der Waals surface area contributed by atoms with Gasteiger partial charge in [-0.25, -0.2) is 13.2 Å². The molecule has 0 aliphatic carbocycles. The molecule has 1 fully saturated rings. The molecular formula is C13H16N2O5S. The number of hydrogen-bond acceptors (Lipinski definition) is 4. The van der Waals surface area contributed by atoms with Crippen molar-refractivity contribution in [2.24, 2.45) is 5.73 Å². The quantitative estimate of drug-likeness (QED) is 0.803. The van der Waals surface area contributed by atoms with E-state index in [0.717, 1.165) is 4.31 Å². The number of primary amides is 1. The second-order valence-corrected chi connectivity index (χ2v) is 6.85. The van der Waals surface area contributed by atoms with Crippen LogP contribution in [0.3, 0.4) is 0 Å². The second kappa shape index (κ2) is 5.82. The van der Waals surface area contributed by atoms with Crippen molar-refractivity contribution < 1.29 is 23.1 Å². The van der Waals surface area contributed by atoms with Gasteiger partial charge in [-0.2, -0.15) is 4.31 Å². The molecule has 1 aliphatic rings. The number of nitrogens with zero attached hydrogens (tertiary/aromatic N) is 1. The lowest BCUT2D eigenvalue weighted by Crippen LogP contribution is -2.44. The molecule has 0 saturated carbocycles. The van der Waals surface area contributed by atoms with Crippen LogP contribution >= 0.6 is 0 Å². The maximum absolute atomic E-state index is 12.4. The number of benzene rings is 1. The number of rotatable bonds is 5. The van der Waals surface area contributed by atoms with E-state index in [0.29, 0.717) is 18.4 Å². The number of nitrogens with two attached hydrogens (primary N) is 1. The first kappa shape index (κ1) is 15.5. The van der Waals surface area contributed by atoms with Gasteiger partial charge in [0, 0.05) is 6.54 Å². The van der Waals surface area contributed by atoms with E-state index < -0.39 is 27.9 Å². The van der Waals surface area contributed by atoms with Crippen LogP contribution in [0.5, 0.6) is 0 Å². The molecule has 3 N–H and O–H groups in total. The number of carbonyl (C=O) groups excluding carboxylic acids is 1. The Morgan fingerprint density at radius 2 is 2.10 bits per heavy atom. The minimum absolute atomic E-state index is 0.0237. The van der Waals surface area contributed by atoms with Crippen molar-refractivity contribution in [3.8, 4) is 0 Å². The summed E-state index contributed by atoms with van der Waals surface area (Å²) in [6, 6.07) is 4.93. The molecule has 114 valence electrons. The summed E-state index contributed by atoms with van der Waals surface area (Å²) in [6.45, 7) is 0.258. The van der Waals surface area contributed by atoms with E-state index in [9.17, 15) is 18.0 Å². The van der Waals surface area contributed by atoms with Crippen LogP contribution < -0.4 is 5.73 Å². The average Bonchev–Trinajstić information content (AvgIpc) is 2.88. The molecule has 1 unspecified atom stereocenters. The van der Waals surface area contributed by atoms with Crippen LogP contribution in [0.1, 0.15) is 28.8 Å². The summed E-state index contributed by atoms with van der Waals surface area (Å²) in [5, 5.41) is 8.91. The first-order chi connectivity index (χ1) is 9.81. The zero-order valence-electron chi connectivity index (χ0n) is 11.2. The maximum Gasteiger partial charge on any atom is 0.335 e. The Hall–Kier alpha value is -1.93. The highest BCUT2D eigenvalue weighted by Gasteiger charge is 2.37. The van der Waals surface area contributed by atoms with Crippen molar-refractivity contribution in [2.75, 3.05) is 6.54 Å². The Kier molecular flexibility index (Phi) is 4.29. The summed E-state index contributed by atoms with van der Waals surface area (Å²) in [5.74, 6) is -2.13.